The standard InChI is InChI=1S/C29H31ClN6O2/c1-36-13-19-8-18(9-20(19)14-36)15-37-28-12-26-23(11-25(28)31)29(34-17-33-26)35-21-5-6-27(24(30)10-21)38-16-22-4-2-3-7-32-22/h2-7,10-12,17-20H,8-9,13-16,31H2,1H3,(H,33,34,35)/t18-,19+,20-. The van der Waals surface area contributed by atoms with E-state index in [-0.39, 0.29) is 0 Å². The molecule has 2 aromatic heterocycles. The number of benzene rings is 2. The fourth-order valence-corrected chi connectivity index (χ4v) is 6.03. The van der Waals surface area contributed by atoms with Crippen LogP contribution < -0.4 is 20.5 Å². The van der Waals surface area contributed by atoms with Crippen molar-refractivity contribution in [2.24, 2.45) is 17.8 Å². The Balaban J connectivity index is 1.13. The van der Waals surface area contributed by atoms with Gasteiger partial charge >= 0.3 is 0 Å². The second-order valence-corrected chi connectivity index (χ2v) is 10.8. The highest BCUT2D eigenvalue weighted by Crippen LogP contribution is 2.41. The van der Waals surface area contributed by atoms with E-state index in [1.165, 1.54) is 32.3 Å². The van der Waals surface area contributed by atoms with Crippen molar-refractivity contribution in [3.05, 3.63) is 71.8 Å². The van der Waals surface area contributed by atoms with E-state index in [4.69, 9.17) is 26.8 Å². The third kappa shape index (κ3) is 5.33. The molecule has 3 N–H and O–H groups in total. The number of nitrogens with one attached hydrogen (secondary N) is 1. The van der Waals surface area contributed by atoms with E-state index in [9.17, 15) is 0 Å². The average molecular weight is 531 g/mol. The molecule has 0 spiro atoms. The van der Waals surface area contributed by atoms with E-state index < -0.39 is 0 Å². The molecule has 1 aliphatic heterocycles. The third-order valence-electron chi connectivity index (χ3n) is 7.57. The first kappa shape index (κ1) is 24.7. The number of anilines is 3. The molecule has 2 aliphatic rings. The minimum absolute atomic E-state index is 0.340. The summed E-state index contributed by atoms with van der Waals surface area (Å²) < 4.78 is 12.0. The monoisotopic (exact) mass is 530 g/mol. The molecule has 0 amide bonds. The Morgan fingerprint density at radius 3 is 2.61 bits per heavy atom. The Labute approximate surface area is 227 Å². The summed E-state index contributed by atoms with van der Waals surface area (Å²) in [6.07, 6.45) is 5.73. The fraction of sp³-hybridized carbons (Fsp3) is 0.345. The van der Waals surface area contributed by atoms with Crippen molar-refractivity contribution in [3.63, 3.8) is 0 Å². The van der Waals surface area contributed by atoms with Gasteiger partial charge in [0.05, 0.1) is 28.5 Å². The van der Waals surface area contributed by atoms with Gasteiger partial charge in [0, 0.05) is 36.4 Å². The fourth-order valence-electron chi connectivity index (χ4n) is 5.80. The van der Waals surface area contributed by atoms with Crippen LogP contribution in [-0.4, -0.2) is 46.6 Å². The summed E-state index contributed by atoms with van der Waals surface area (Å²) in [4.78, 5) is 15.6. The Morgan fingerprint density at radius 2 is 1.84 bits per heavy atom. The van der Waals surface area contributed by atoms with Crippen LogP contribution in [0.25, 0.3) is 10.9 Å². The topological polar surface area (TPSA) is 98.4 Å². The second-order valence-electron chi connectivity index (χ2n) is 10.4. The molecule has 1 saturated carbocycles. The Kier molecular flexibility index (Phi) is 6.91. The Morgan fingerprint density at radius 1 is 1.00 bits per heavy atom. The van der Waals surface area contributed by atoms with Crippen LogP contribution in [-0.2, 0) is 6.61 Å². The predicted molar refractivity (Wildman–Crippen MR) is 150 cm³/mol. The van der Waals surface area contributed by atoms with E-state index >= 15 is 0 Å². The number of nitrogens with zero attached hydrogens (tertiary/aromatic N) is 4. The molecule has 38 heavy (non-hydrogen) atoms. The van der Waals surface area contributed by atoms with Gasteiger partial charge in [0.25, 0.3) is 0 Å². The van der Waals surface area contributed by atoms with E-state index in [0.717, 1.165) is 34.1 Å². The molecule has 2 fully saturated rings. The lowest BCUT2D eigenvalue weighted by Crippen LogP contribution is -2.18. The number of rotatable bonds is 8. The van der Waals surface area contributed by atoms with E-state index in [2.05, 4.69) is 32.2 Å². The van der Waals surface area contributed by atoms with Crippen molar-refractivity contribution in [1.82, 2.24) is 19.9 Å². The molecule has 6 rings (SSSR count). The maximum Gasteiger partial charge on any atom is 0.144 e. The number of nitrogens with two attached hydrogens (primary N) is 1. The van der Waals surface area contributed by atoms with Crippen molar-refractivity contribution in [2.75, 3.05) is 37.8 Å². The molecular formula is C29H31ClN6O2. The number of pyridine rings is 1. The molecule has 3 heterocycles. The Hall–Kier alpha value is -3.62. The van der Waals surface area contributed by atoms with Crippen LogP contribution in [0.15, 0.2) is 61.1 Å². The SMILES string of the molecule is CN1C[C@H]2C[C@H](COc3cc4ncnc(Nc5ccc(OCc6ccccn6)c(Cl)c5)c4cc3N)C[C@H]2C1. The molecule has 9 heteroatoms. The maximum absolute atomic E-state index is 6.50. The van der Waals surface area contributed by atoms with Crippen molar-refractivity contribution in [2.45, 2.75) is 19.4 Å². The first-order chi connectivity index (χ1) is 18.5. The zero-order valence-electron chi connectivity index (χ0n) is 21.3. The molecule has 196 valence electrons. The van der Waals surface area contributed by atoms with Crippen LogP contribution in [0.2, 0.25) is 5.02 Å². The minimum Gasteiger partial charge on any atom is -0.491 e. The molecule has 0 radical (unpaired) electrons. The van der Waals surface area contributed by atoms with Gasteiger partial charge in [-0.15, -0.1) is 0 Å². The van der Waals surface area contributed by atoms with Crippen LogP contribution in [0, 0.1) is 17.8 Å². The number of halogens is 1. The highest BCUT2D eigenvalue weighted by atomic mass is 35.5. The average Bonchev–Trinajstić information content (AvgIpc) is 3.45. The lowest BCUT2D eigenvalue weighted by Gasteiger charge is -2.17. The van der Waals surface area contributed by atoms with Gasteiger partial charge in [0.1, 0.15) is 30.3 Å². The minimum atomic E-state index is 0.340. The largest absolute Gasteiger partial charge is 0.491 e. The first-order valence-corrected chi connectivity index (χ1v) is 13.3. The lowest BCUT2D eigenvalue weighted by atomic mass is 10.0. The summed E-state index contributed by atoms with van der Waals surface area (Å²) in [6.45, 7) is 3.44. The van der Waals surface area contributed by atoms with Crippen molar-refractivity contribution >= 4 is 39.7 Å². The van der Waals surface area contributed by atoms with Gasteiger partial charge in [0.15, 0.2) is 0 Å². The number of hydrogen-bond donors (Lipinski definition) is 2. The zero-order valence-corrected chi connectivity index (χ0v) is 22.1. The number of fused-ring (bicyclic) bond motifs is 2. The highest BCUT2D eigenvalue weighted by Gasteiger charge is 2.39. The van der Waals surface area contributed by atoms with Crippen LogP contribution in [0.1, 0.15) is 18.5 Å². The Bertz CT molecular complexity index is 1420. The van der Waals surface area contributed by atoms with Gasteiger partial charge < -0.3 is 25.4 Å². The molecule has 8 nitrogen and oxygen atoms in total. The summed E-state index contributed by atoms with van der Waals surface area (Å²) in [6, 6.07) is 15.0. The molecule has 1 aliphatic carbocycles. The maximum atomic E-state index is 6.50. The van der Waals surface area contributed by atoms with Gasteiger partial charge in [-0.25, -0.2) is 9.97 Å². The quantitative estimate of drug-likeness (QED) is 0.286. The number of ether oxygens (including phenoxy) is 2. The van der Waals surface area contributed by atoms with Gasteiger partial charge in [-0.3, -0.25) is 4.98 Å². The molecular weight excluding hydrogens is 500 g/mol. The summed E-state index contributed by atoms with van der Waals surface area (Å²) in [5, 5.41) is 4.63. The van der Waals surface area contributed by atoms with E-state index in [0.29, 0.717) is 47.2 Å². The highest BCUT2D eigenvalue weighted by molar-refractivity contribution is 6.32. The van der Waals surface area contributed by atoms with Crippen LogP contribution in [0.3, 0.4) is 0 Å². The molecule has 0 bridgehead atoms. The molecule has 4 aromatic rings. The van der Waals surface area contributed by atoms with E-state index in [1.807, 2.05) is 42.5 Å². The summed E-state index contributed by atoms with van der Waals surface area (Å²) in [5.74, 6) is 4.09. The van der Waals surface area contributed by atoms with E-state index in [1.54, 1.807) is 12.3 Å². The zero-order chi connectivity index (χ0) is 26.1. The summed E-state index contributed by atoms with van der Waals surface area (Å²) in [7, 11) is 2.22. The molecule has 0 unspecified atom stereocenters. The predicted octanol–water partition coefficient (Wildman–Crippen LogP) is 5.55. The smallest absolute Gasteiger partial charge is 0.144 e. The summed E-state index contributed by atoms with van der Waals surface area (Å²) >= 11 is 6.50. The van der Waals surface area contributed by atoms with Crippen LogP contribution in [0.5, 0.6) is 11.5 Å². The third-order valence-corrected chi connectivity index (χ3v) is 7.86. The lowest BCUT2D eigenvalue weighted by molar-refractivity contribution is 0.237. The van der Waals surface area contributed by atoms with Gasteiger partial charge in [-0.05, 0) is 74.0 Å². The summed E-state index contributed by atoms with van der Waals surface area (Å²) in [5.41, 5.74) is 9.35. The number of aromatic nitrogens is 3. The van der Waals surface area contributed by atoms with Gasteiger partial charge in [-0.1, -0.05) is 17.7 Å². The second kappa shape index (κ2) is 10.6. The molecule has 2 aromatic carbocycles. The van der Waals surface area contributed by atoms with Crippen molar-refractivity contribution < 1.29 is 9.47 Å². The number of nitrogen functional groups attached to an aromatic ring is 1. The molecule has 3 atom stereocenters. The van der Waals surface area contributed by atoms with Crippen LogP contribution >= 0.6 is 11.6 Å². The number of hydrogen-bond acceptors (Lipinski definition) is 8. The van der Waals surface area contributed by atoms with Crippen molar-refractivity contribution in [1.29, 1.82) is 0 Å². The molecule has 1 saturated heterocycles. The van der Waals surface area contributed by atoms with Gasteiger partial charge in [0.2, 0.25) is 0 Å². The van der Waals surface area contributed by atoms with Gasteiger partial charge in [-0.2, -0.15) is 0 Å². The first-order valence-electron chi connectivity index (χ1n) is 13.0. The van der Waals surface area contributed by atoms with Crippen molar-refractivity contribution in [3.8, 4) is 11.5 Å². The van der Waals surface area contributed by atoms with Crippen LogP contribution in [0.4, 0.5) is 17.2 Å². The number of likely N-dealkylation sites (tertiary alicyclic amines) is 1. The normalized spacial score (nSPS) is 20.9.